The molecule has 0 amide bonds. The van der Waals surface area contributed by atoms with Crippen LogP contribution in [0, 0.1) is 6.92 Å². The summed E-state index contributed by atoms with van der Waals surface area (Å²) in [6, 6.07) is 13.2. The van der Waals surface area contributed by atoms with Crippen LogP contribution in [-0.2, 0) is 0 Å². The Morgan fingerprint density at radius 2 is 1.76 bits per heavy atom. The standard InChI is InChI=1S/C18H20N4O3/c1-11-20-18(22-25-11)12-4-7-14(8-5-12)21-17(19)13-6-9-15(23-2)16(10-13)24-3/h4-10,17,21H,19H2,1-3H3. The highest BCUT2D eigenvalue weighted by Crippen LogP contribution is 2.30. The third-order valence-corrected chi connectivity index (χ3v) is 3.76. The second kappa shape index (κ2) is 7.23. The van der Waals surface area contributed by atoms with Crippen LogP contribution >= 0.6 is 0 Å². The quantitative estimate of drug-likeness (QED) is 0.666. The van der Waals surface area contributed by atoms with E-state index in [1.165, 1.54) is 0 Å². The van der Waals surface area contributed by atoms with Gasteiger partial charge in [-0.1, -0.05) is 11.2 Å². The van der Waals surface area contributed by atoms with Crippen molar-refractivity contribution < 1.29 is 14.0 Å². The Morgan fingerprint density at radius 1 is 1.04 bits per heavy atom. The molecule has 1 aromatic heterocycles. The summed E-state index contributed by atoms with van der Waals surface area (Å²) in [6.07, 6.45) is -0.391. The summed E-state index contributed by atoms with van der Waals surface area (Å²) in [5, 5.41) is 7.15. The van der Waals surface area contributed by atoms with Crippen molar-refractivity contribution in [1.29, 1.82) is 0 Å². The molecule has 130 valence electrons. The van der Waals surface area contributed by atoms with Gasteiger partial charge in [-0.05, 0) is 42.0 Å². The lowest BCUT2D eigenvalue weighted by Crippen LogP contribution is -2.20. The lowest BCUT2D eigenvalue weighted by atomic mass is 10.1. The van der Waals surface area contributed by atoms with Crippen molar-refractivity contribution in [2.24, 2.45) is 5.73 Å². The van der Waals surface area contributed by atoms with Gasteiger partial charge in [0.15, 0.2) is 11.5 Å². The van der Waals surface area contributed by atoms with Gasteiger partial charge in [0.2, 0.25) is 11.7 Å². The average molecular weight is 340 g/mol. The van der Waals surface area contributed by atoms with E-state index < -0.39 is 6.17 Å². The van der Waals surface area contributed by atoms with E-state index in [0.29, 0.717) is 23.2 Å². The van der Waals surface area contributed by atoms with Gasteiger partial charge in [0.1, 0.15) is 6.17 Å². The second-order valence-corrected chi connectivity index (χ2v) is 5.45. The van der Waals surface area contributed by atoms with Gasteiger partial charge in [0.05, 0.1) is 14.2 Å². The van der Waals surface area contributed by atoms with Gasteiger partial charge in [-0.2, -0.15) is 4.98 Å². The van der Waals surface area contributed by atoms with Crippen LogP contribution in [0.25, 0.3) is 11.4 Å². The van der Waals surface area contributed by atoms with Crippen LogP contribution in [0.1, 0.15) is 17.6 Å². The molecular weight excluding hydrogens is 320 g/mol. The highest BCUT2D eigenvalue weighted by molar-refractivity contribution is 5.59. The van der Waals surface area contributed by atoms with Gasteiger partial charge < -0.3 is 25.0 Å². The van der Waals surface area contributed by atoms with E-state index in [-0.39, 0.29) is 0 Å². The average Bonchev–Trinajstić information content (AvgIpc) is 3.08. The Balaban J connectivity index is 1.73. The molecule has 1 heterocycles. The predicted octanol–water partition coefficient (Wildman–Crippen LogP) is 3.13. The number of nitrogens with two attached hydrogens (primary N) is 1. The van der Waals surface area contributed by atoms with Crippen LogP contribution in [0.5, 0.6) is 11.5 Å². The maximum absolute atomic E-state index is 6.25. The molecule has 3 rings (SSSR count). The molecule has 25 heavy (non-hydrogen) atoms. The van der Waals surface area contributed by atoms with E-state index in [1.807, 2.05) is 42.5 Å². The minimum atomic E-state index is -0.391. The highest BCUT2D eigenvalue weighted by Gasteiger charge is 2.11. The molecule has 0 fully saturated rings. The lowest BCUT2D eigenvalue weighted by molar-refractivity contribution is 0.354. The van der Waals surface area contributed by atoms with E-state index in [4.69, 9.17) is 19.7 Å². The van der Waals surface area contributed by atoms with Crippen molar-refractivity contribution in [3.63, 3.8) is 0 Å². The Morgan fingerprint density at radius 3 is 2.36 bits per heavy atom. The zero-order valence-electron chi connectivity index (χ0n) is 14.3. The van der Waals surface area contributed by atoms with Crippen molar-refractivity contribution in [1.82, 2.24) is 10.1 Å². The van der Waals surface area contributed by atoms with Crippen molar-refractivity contribution >= 4 is 5.69 Å². The van der Waals surface area contributed by atoms with Crippen molar-refractivity contribution in [3.05, 3.63) is 53.9 Å². The lowest BCUT2D eigenvalue weighted by Gasteiger charge is -2.17. The Labute approximate surface area is 145 Å². The number of hydrogen-bond acceptors (Lipinski definition) is 7. The first-order chi connectivity index (χ1) is 12.1. The second-order valence-electron chi connectivity index (χ2n) is 5.45. The third-order valence-electron chi connectivity index (χ3n) is 3.76. The summed E-state index contributed by atoms with van der Waals surface area (Å²) in [7, 11) is 3.20. The van der Waals surface area contributed by atoms with E-state index >= 15 is 0 Å². The molecule has 0 aliphatic rings. The molecule has 0 bridgehead atoms. The number of methoxy groups -OCH3 is 2. The van der Waals surface area contributed by atoms with Crippen LogP contribution in [0.4, 0.5) is 5.69 Å². The molecule has 0 aliphatic carbocycles. The number of benzene rings is 2. The number of nitrogens with one attached hydrogen (secondary N) is 1. The maximum atomic E-state index is 6.25. The molecule has 1 unspecified atom stereocenters. The van der Waals surface area contributed by atoms with Gasteiger partial charge in [-0.25, -0.2) is 0 Å². The smallest absolute Gasteiger partial charge is 0.223 e. The van der Waals surface area contributed by atoms with Crippen LogP contribution < -0.4 is 20.5 Å². The predicted molar refractivity (Wildman–Crippen MR) is 94.6 cm³/mol. The molecule has 0 radical (unpaired) electrons. The van der Waals surface area contributed by atoms with Crippen LogP contribution in [0.3, 0.4) is 0 Å². The molecule has 0 aliphatic heterocycles. The molecule has 1 atom stereocenters. The van der Waals surface area contributed by atoms with Gasteiger partial charge in [0.25, 0.3) is 0 Å². The molecular formula is C18H20N4O3. The van der Waals surface area contributed by atoms with Crippen LogP contribution in [-0.4, -0.2) is 24.4 Å². The van der Waals surface area contributed by atoms with E-state index in [9.17, 15) is 0 Å². The fraction of sp³-hybridized carbons (Fsp3) is 0.222. The molecule has 2 aromatic carbocycles. The van der Waals surface area contributed by atoms with Crippen molar-refractivity contribution in [2.45, 2.75) is 13.1 Å². The molecule has 0 saturated carbocycles. The normalized spacial score (nSPS) is 11.8. The van der Waals surface area contributed by atoms with Gasteiger partial charge in [-0.3, -0.25) is 0 Å². The summed E-state index contributed by atoms with van der Waals surface area (Å²) in [6.45, 7) is 1.76. The number of aryl methyl sites for hydroxylation is 1. The zero-order valence-corrected chi connectivity index (χ0v) is 14.3. The summed E-state index contributed by atoms with van der Waals surface area (Å²) in [5.74, 6) is 2.40. The first kappa shape index (κ1) is 16.8. The molecule has 3 aromatic rings. The minimum Gasteiger partial charge on any atom is -0.493 e. The van der Waals surface area contributed by atoms with Crippen LogP contribution in [0.2, 0.25) is 0 Å². The first-order valence-electron chi connectivity index (χ1n) is 7.75. The fourth-order valence-electron chi connectivity index (χ4n) is 2.44. The summed E-state index contributed by atoms with van der Waals surface area (Å²) < 4.78 is 15.5. The number of ether oxygens (including phenoxy) is 2. The van der Waals surface area contributed by atoms with Crippen molar-refractivity contribution in [3.8, 4) is 22.9 Å². The monoisotopic (exact) mass is 340 g/mol. The summed E-state index contributed by atoms with van der Waals surface area (Å²) in [5.41, 5.74) is 8.89. The number of rotatable bonds is 6. The van der Waals surface area contributed by atoms with Crippen molar-refractivity contribution in [2.75, 3.05) is 19.5 Å². The SMILES string of the molecule is COc1ccc(C(N)Nc2ccc(-c3noc(C)n3)cc2)cc1OC. The van der Waals surface area contributed by atoms with Gasteiger partial charge in [0, 0.05) is 18.2 Å². The molecule has 0 saturated heterocycles. The molecule has 3 N–H and O–H groups in total. The Bertz CT molecular complexity index is 846. The molecule has 7 heteroatoms. The summed E-state index contributed by atoms with van der Waals surface area (Å²) in [4.78, 5) is 4.21. The van der Waals surface area contributed by atoms with E-state index in [0.717, 1.165) is 16.8 Å². The number of hydrogen-bond donors (Lipinski definition) is 2. The third kappa shape index (κ3) is 3.72. The minimum absolute atomic E-state index is 0.391. The number of nitrogens with zero attached hydrogens (tertiary/aromatic N) is 2. The summed E-state index contributed by atoms with van der Waals surface area (Å²) >= 11 is 0. The molecule has 0 spiro atoms. The largest absolute Gasteiger partial charge is 0.493 e. The van der Waals surface area contributed by atoms with E-state index in [2.05, 4.69) is 15.5 Å². The Kier molecular flexibility index (Phi) is 4.85. The maximum Gasteiger partial charge on any atom is 0.223 e. The highest BCUT2D eigenvalue weighted by atomic mass is 16.5. The Hall–Kier alpha value is -3.06. The topological polar surface area (TPSA) is 95.4 Å². The van der Waals surface area contributed by atoms with Gasteiger partial charge >= 0.3 is 0 Å². The van der Waals surface area contributed by atoms with Crippen LogP contribution in [0.15, 0.2) is 47.0 Å². The number of aromatic nitrogens is 2. The first-order valence-corrected chi connectivity index (χ1v) is 7.75. The fourth-order valence-corrected chi connectivity index (χ4v) is 2.44. The molecule has 7 nitrogen and oxygen atoms in total. The van der Waals surface area contributed by atoms with E-state index in [1.54, 1.807) is 21.1 Å². The number of anilines is 1. The zero-order chi connectivity index (χ0) is 17.8. The van der Waals surface area contributed by atoms with Gasteiger partial charge in [-0.15, -0.1) is 0 Å².